The van der Waals surface area contributed by atoms with E-state index in [-0.39, 0.29) is 35.8 Å². The number of benzene rings is 2. The van der Waals surface area contributed by atoms with E-state index in [1.807, 2.05) is 6.07 Å². The smallest absolute Gasteiger partial charge is 0.262 e. The molecule has 322 valence electrons. The van der Waals surface area contributed by atoms with E-state index in [1.165, 1.54) is 43.2 Å². The minimum Gasteiger partial charge on any atom is -0.506 e. The largest absolute Gasteiger partial charge is 0.506 e. The Morgan fingerprint density at radius 2 is 1.81 bits per heavy atom. The highest BCUT2D eigenvalue weighted by Gasteiger charge is 2.44. The molecule has 8 rings (SSSR count). The van der Waals surface area contributed by atoms with Crippen molar-refractivity contribution in [2.75, 3.05) is 77.6 Å². The van der Waals surface area contributed by atoms with Crippen molar-refractivity contribution in [3.8, 4) is 11.5 Å². The first-order valence-electron chi connectivity index (χ1n) is 22.9. The molecule has 12 nitrogen and oxygen atoms in total. The van der Waals surface area contributed by atoms with Crippen molar-refractivity contribution >= 4 is 23.4 Å². The van der Waals surface area contributed by atoms with Crippen LogP contribution in [0.15, 0.2) is 36.4 Å². The van der Waals surface area contributed by atoms with Crippen molar-refractivity contribution < 1.29 is 33.7 Å². The molecule has 2 aromatic rings. The van der Waals surface area contributed by atoms with E-state index in [9.17, 15) is 19.5 Å². The highest BCUT2D eigenvalue weighted by atomic mass is 16.5. The van der Waals surface area contributed by atoms with Crippen LogP contribution < -0.4 is 15.4 Å². The normalized spacial score (nSPS) is 24.2. The number of morpholine rings is 1. The van der Waals surface area contributed by atoms with E-state index >= 15 is 0 Å². The number of aromatic hydroxyl groups is 1. The maximum atomic E-state index is 13.6. The van der Waals surface area contributed by atoms with Crippen LogP contribution in [0.5, 0.6) is 11.5 Å². The van der Waals surface area contributed by atoms with Crippen LogP contribution in [0, 0.1) is 17.8 Å². The Morgan fingerprint density at radius 1 is 0.966 bits per heavy atom. The summed E-state index contributed by atoms with van der Waals surface area (Å²) in [6, 6.07) is 12.5. The highest BCUT2D eigenvalue weighted by molar-refractivity contribution is 5.97. The Balaban J connectivity index is 0.731. The summed E-state index contributed by atoms with van der Waals surface area (Å²) in [6.07, 6.45) is 15.5. The minimum absolute atomic E-state index is 0.000198. The number of likely N-dealkylation sites (tertiary alicyclic amines) is 1. The average molecular weight is 814 g/mol. The van der Waals surface area contributed by atoms with Gasteiger partial charge < -0.3 is 39.8 Å². The summed E-state index contributed by atoms with van der Waals surface area (Å²) in [6.45, 7) is 7.96. The van der Waals surface area contributed by atoms with Gasteiger partial charge in [0, 0.05) is 58.3 Å². The van der Waals surface area contributed by atoms with E-state index < -0.39 is 0 Å². The number of nitrogens with one attached hydrogen (secondary N) is 2. The van der Waals surface area contributed by atoms with Crippen molar-refractivity contribution in [1.29, 1.82) is 0 Å². The van der Waals surface area contributed by atoms with E-state index in [4.69, 9.17) is 14.2 Å². The zero-order valence-corrected chi connectivity index (χ0v) is 35.1. The number of hydrogen-bond donors (Lipinski definition) is 3. The van der Waals surface area contributed by atoms with Gasteiger partial charge in [0.2, 0.25) is 11.8 Å². The Bertz CT molecular complexity index is 1760. The molecule has 12 heteroatoms. The molecule has 2 aromatic carbocycles. The zero-order valence-electron chi connectivity index (χ0n) is 35.1. The van der Waals surface area contributed by atoms with Gasteiger partial charge in [0.15, 0.2) is 12.4 Å². The summed E-state index contributed by atoms with van der Waals surface area (Å²) in [5.41, 5.74) is 3.62. The van der Waals surface area contributed by atoms with Crippen LogP contribution in [0.1, 0.15) is 100 Å². The molecule has 2 bridgehead atoms. The van der Waals surface area contributed by atoms with Gasteiger partial charge in [-0.1, -0.05) is 56.0 Å². The van der Waals surface area contributed by atoms with E-state index in [2.05, 4.69) is 49.6 Å². The maximum absolute atomic E-state index is 13.6. The Morgan fingerprint density at radius 3 is 2.63 bits per heavy atom. The first-order chi connectivity index (χ1) is 28.8. The topological polar surface area (TPSA) is 133 Å². The van der Waals surface area contributed by atoms with Crippen LogP contribution in [0.3, 0.4) is 0 Å². The fraction of sp³-hybridized carbons (Fsp3) is 0.681. The lowest BCUT2D eigenvalue weighted by atomic mass is 9.85. The molecule has 3 atom stereocenters. The summed E-state index contributed by atoms with van der Waals surface area (Å²) >= 11 is 0. The summed E-state index contributed by atoms with van der Waals surface area (Å²) < 4.78 is 18.1. The van der Waals surface area contributed by atoms with Gasteiger partial charge in [0.25, 0.3) is 5.91 Å². The zero-order chi connectivity index (χ0) is 40.6. The van der Waals surface area contributed by atoms with Gasteiger partial charge in [-0.3, -0.25) is 19.3 Å². The lowest BCUT2D eigenvalue weighted by molar-refractivity contribution is -0.160. The van der Waals surface area contributed by atoms with Crippen LogP contribution in [0.4, 0.5) is 5.69 Å². The SMILES string of the molecule is O=C1COc2c(CCNCCN(C(=O)CCOCCc3cccc(CN4CCC5(CC4)CN(C(=O)CC4CC6CCC4C6)CCO5)c3)C3CCCCC3)ccc(O)c2N1. The number of anilines is 1. The third kappa shape index (κ3) is 10.8. The fourth-order valence-electron chi connectivity index (χ4n) is 11.1. The Hall–Kier alpha value is -3.71. The quantitative estimate of drug-likeness (QED) is 0.136. The van der Waals surface area contributed by atoms with E-state index in [1.54, 1.807) is 6.07 Å². The maximum Gasteiger partial charge on any atom is 0.262 e. The number of rotatable bonds is 17. The highest BCUT2D eigenvalue weighted by Crippen LogP contribution is 2.50. The molecule has 3 N–H and O–H groups in total. The van der Waals surface area contributed by atoms with Gasteiger partial charge in [0.1, 0.15) is 11.4 Å². The summed E-state index contributed by atoms with van der Waals surface area (Å²) in [5.74, 6) is 3.06. The second-order valence-corrected chi connectivity index (χ2v) is 18.4. The van der Waals surface area contributed by atoms with E-state index in [0.717, 1.165) is 101 Å². The molecule has 3 saturated carbocycles. The van der Waals surface area contributed by atoms with Crippen LogP contribution >= 0.6 is 0 Å². The second-order valence-electron chi connectivity index (χ2n) is 18.4. The first kappa shape index (κ1) is 42.0. The number of hydrogen-bond acceptors (Lipinski definition) is 9. The number of carbonyl (C=O) groups is 3. The van der Waals surface area contributed by atoms with Crippen molar-refractivity contribution in [1.82, 2.24) is 20.0 Å². The molecule has 3 unspecified atom stereocenters. The number of ether oxygens (including phenoxy) is 3. The number of phenols is 1. The predicted molar refractivity (Wildman–Crippen MR) is 226 cm³/mol. The van der Waals surface area contributed by atoms with Gasteiger partial charge in [-0.2, -0.15) is 0 Å². The molecule has 2 saturated heterocycles. The van der Waals surface area contributed by atoms with Gasteiger partial charge >= 0.3 is 0 Å². The second kappa shape index (κ2) is 19.8. The van der Waals surface area contributed by atoms with Gasteiger partial charge in [0.05, 0.1) is 31.8 Å². The number of carbonyl (C=O) groups excluding carboxylic acids is 3. The molecule has 3 heterocycles. The molecule has 0 aromatic heterocycles. The lowest BCUT2D eigenvalue weighted by Gasteiger charge is -2.47. The molecular weight excluding hydrogens is 747 g/mol. The summed E-state index contributed by atoms with van der Waals surface area (Å²) in [4.78, 5) is 45.4. The number of piperidine rings is 1. The van der Waals surface area contributed by atoms with Crippen molar-refractivity contribution in [2.24, 2.45) is 17.8 Å². The Kier molecular flexibility index (Phi) is 14.1. The number of fused-ring (bicyclic) bond motifs is 3. The molecule has 6 aliphatic rings. The monoisotopic (exact) mass is 814 g/mol. The third-order valence-corrected chi connectivity index (χ3v) is 14.3. The number of amides is 3. The number of phenolic OH excluding ortho intramolecular Hbond substituents is 1. The first-order valence-corrected chi connectivity index (χ1v) is 22.9. The van der Waals surface area contributed by atoms with Crippen LogP contribution in [0.2, 0.25) is 0 Å². The third-order valence-electron chi connectivity index (χ3n) is 14.3. The summed E-state index contributed by atoms with van der Waals surface area (Å²) in [5, 5.41) is 16.4. The molecule has 3 aliphatic carbocycles. The van der Waals surface area contributed by atoms with E-state index in [0.29, 0.717) is 75.6 Å². The summed E-state index contributed by atoms with van der Waals surface area (Å²) in [7, 11) is 0. The van der Waals surface area contributed by atoms with Gasteiger partial charge in [-0.25, -0.2) is 0 Å². The number of nitrogens with zero attached hydrogens (tertiary/aromatic N) is 3. The predicted octanol–water partition coefficient (Wildman–Crippen LogP) is 5.69. The molecule has 59 heavy (non-hydrogen) atoms. The van der Waals surface area contributed by atoms with Crippen LogP contribution in [-0.4, -0.2) is 121 Å². The molecule has 1 spiro atoms. The van der Waals surface area contributed by atoms with Crippen LogP contribution in [-0.2, 0) is 43.2 Å². The van der Waals surface area contributed by atoms with Crippen molar-refractivity contribution in [3.05, 3.63) is 53.1 Å². The average Bonchev–Trinajstić information content (AvgIpc) is 3.88. The van der Waals surface area contributed by atoms with Gasteiger partial charge in [-0.05, 0) is 105 Å². The molecular formula is C47H67N5O7. The fourth-order valence-corrected chi connectivity index (χ4v) is 11.1. The molecule has 3 amide bonds. The molecule has 0 radical (unpaired) electrons. The van der Waals surface area contributed by atoms with Crippen molar-refractivity contribution in [3.63, 3.8) is 0 Å². The standard InChI is InChI=1S/C47H67N5O7/c53-41-12-11-37(46-45(41)49-42(54)32-58-46)13-18-48-19-22-52(40-7-2-1-3-8-40)43(55)15-25-57-24-14-34-5-4-6-36(27-34)31-50-20-16-47(17-21-50)33-51(23-26-59-47)44(56)30-39-29-35-9-10-38(39)28-35/h4-6,11-12,27,35,38-40,48,53H,1-3,7-10,13-26,28-33H2,(H,49,54). The lowest BCUT2D eigenvalue weighted by Crippen LogP contribution is -2.58. The molecule has 5 fully saturated rings. The van der Waals surface area contributed by atoms with Crippen LogP contribution in [0.25, 0.3) is 0 Å². The molecule has 3 aliphatic heterocycles. The van der Waals surface area contributed by atoms with Crippen molar-refractivity contribution in [2.45, 2.75) is 114 Å². The van der Waals surface area contributed by atoms with Gasteiger partial charge in [-0.15, -0.1) is 0 Å². The Labute approximate surface area is 350 Å². The minimum atomic E-state index is -0.276.